The fourth-order valence-corrected chi connectivity index (χ4v) is 5.43. The van der Waals surface area contributed by atoms with Gasteiger partial charge in [-0.2, -0.15) is 4.31 Å². The van der Waals surface area contributed by atoms with Crippen molar-refractivity contribution in [1.29, 1.82) is 0 Å². The minimum Gasteiger partial charge on any atom is -0.345 e. The molecule has 0 aliphatic carbocycles. The Labute approximate surface area is 170 Å². The molecule has 0 radical (unpaired) electrons. The van der Waals surface area contributed by atoms with Gasteiger partial charge in [0.15, 0.2) is 5.13 Å². The van der Waals surface area contributed by atoms with Crippen LogP contribution in [0.1, 0.15) is 0 Å². The molecule has 0 saturated carbocycles. The average molecular weight is 439 g/mol. The topological polar surface area (TPSA) is 53.5 Å². The Hall–Kier alpha value is -2.43. The summed E-state index contributed by atoms with van der Waals surface area (Å²) in [5, 5.41) is 2.37. The summed E-state index contributed by atoms with van der Waals surface area (Å²) >= 11 is 1.33. The van der Waals surface area contributed by atoms with E-state index in [0.29, 0.717) is 29.5 Å². The molecule has 2 heterocycles. The van der Waals surface area contributed by atoms with Gasteiger partial charge in [0.2, 0.25) is 10.0 Å². The first-order chi connectivity index (χ1) is 13.8. The number of rotatable bonds is 4. The first kappa shape index (κ1) is 19.9. The zero-order valence-corrected chi connectivity index (χ0v) is 16.7. The quantitative estimate of drug-likeness (QED) is 0.622. The second kappa shape index (κ2) is 7.77. The summed E-state index contributed by atoms with van der Waals surface area (Å²) in [6.07, 6.45) is 0. The van der Waals surface area contributed by atoms with Crippen LogP contribution in [0.4, 0.5) is 18.3 Å². The maximum absolute atomic E-state index is 13.4. The number of hydrogen-bond acceptors (Lipinski definition) is 5. The summed E-state index contributed by atoms with van der Waals surface area (Å²) in [6, 6.07) is 7.98. The fourth-order valence-electron chi connectivity index (χ4n) is 3.12. The van der Waals surface area contributed by atoms with Crippen LogP contribution >= 0.6 is 11.3 Å². The van der Waals surface area contributed by atoms with Crippen LogP contribution in [0.3, 0.4) is 0 Å². The Morgan fingerprint density at radius 1 is 0.862 bits per heavy atom. The molecule has 0 amide bonds. The van der Waals surface area contributed by atoms with Gasteiger partial charge >= 0.3 is 0 Å². The third-order valence-electron chi connectivity index (χ3n) is 4.61. The zero-order valence-electron chi connectivity index (χ0n) is 15.1. The summed E-state index contributed by atoms with van der Waals surface area (Å²) in [7, 11) is -3.69. The predicted octanol–water partition coefficient (Wildman–Crippen LogP) is 3.74. The molecule has 29 heavy (non-hydrogen) atoms. The van der Waals surface area contributed by atoms with E-state index in [1.165, 1.54) is 39.9 Å². The number of benzene rings is 2. The highest BCUT2D eigenvalue weighted by molar-refractivity contribution is 7.89. The first-order valence-corrected chi connectivity index (χ1v) is 11.1. The van der Waals surface area contributed by atoms with Crippen LogP contribution in [0.25, 0.3) is 11.3 Å². The molecule has 152 valence electrons. The van der Waals surface area contributed by atoms with E-state index in [4.69, 9.17) is 0 Å². The van der Waals surface area contributed by atoms with Crippen molar-refractivity contribution in [2.24, 2.45) is 0 Å². The predicted molar refractivity (Wildman–Crippen MR) is 105 cm³/mol. The van der Waals surface area contributed by atoms with Crippen molar-refractivity contribution in [2.75, 3.05) is 31.1 Å². The number of anilines is 1. The molecular formula is C19H16F3N3O2S2. The second-order valence-corrected chi connectivity index (χ2v) is 9.29. The van der Waals surface area contributed by atoms with Gasteiger partial charge in [0.25, 0.3) is 0 Å². The molecule has 1 fully saturated rings. The maximum Gasteiger partial charge on any atom is 0.243 e. The molecule has 4 rings (SSSR count). The SMILES string of the molecule is O=S(=O)(c1ccc(F)cc1)N1CCN(c2nc(-c3cc(F)cc(F)c3)cs2)CC1. The van der Waals surface area contributed by atoms with Gasteiger partial charge in [-0.05, 0) is 36.4 Å². The van der Waals surface area contributed by atoms with Crippen molar-refractivity contribution in [1.82, 2.24) is 9.29 Å². The lowest BCUT2D eigenvalue weighted by molar-refractivity contribution is 0.384. The van der Waals surface area contributed by atoms with Crippen LogP contribution in [0.5, 0.6) is 0 Å². The van der Waals surface area contributed by atoms with E-state index in [2.05, 4.69) is 4.98 Å². The van der Waals surface area contributed by atoms with Crippen molar-refractivity contribution in [3.63, 3.8) is 0 Å². The normalized spacial score (nSPS) is 15.6. The fraction of sp³-hybridized carbons (Fsp3) is 0.211. The standard InChI is InChI=1S/C19H16F3N3O2S2/c20-14-1-3-17(4-2-14)29(26,27)25-7-5-24(6-8-25)19-23-18(12-28-19)13-9-15(21)11-16(22)10-13/h1-4,9-12H,5-8H2. The number of sulfonamides is 1. The van der Waals surface area contributed by atoms with Crippen molar-refractivity contribution in [2.45, 2.75) is 4.90 Å². The van der Waals surface area contributed by atoms with Gasteiger partial charge in [-0.25, -0.2) is 26.6 Å². The van der Waals surface area contributed by atoms with Gasteiger partial charge in [0.05, 0.1) is 10.6 Å². The Morgan fingerprint density at radius 2 is 1.48 bits per heavy atom. The summed E-state index contributed by atoms with van der Waals surface area (Å²) in [4.78, 5) is 6.43. The molecule has 0 unspecified atom stereocenters. The van der Waals surface area contributed by atoms with Crippen molar-refractivity contribution in [3.8, 4) is 11.3 Å². The molecule has 0 spiro atoms. The highest BCUT2D eigenvalue weighted by atomic mass is 32.2. The van der Waals surface area contributed by atoms with Crippen molar-refractivity contribution >= 4 is 26.5 Å². The molecule has 0 atom stereocenters. The molecule has 1 aliphatic rings. The molecule has 5 nitrogen and oxygen atoms in total. The van der Waals surface area contributed by atoms with Crippen LogP contribution in [0.15, 0.2) is 52.7 Å². The van der Waals surface area contributed by atoms with E-state index in [9.17, 15) is 21.6 Å². The molecular weight excluding hydrogens is 423 g/mol. The molecule has 10 heteroatoms. The van der Waals surface area contributed by atoms with E-state index in [-0.39, 0.29) is 18.0 Å². The van der Waals surface area contributed by atoms with Crippen LogP contribution in [-0.4, -0.2) is 43.9 Å². The van der Waals surface area contributed by atoms with E-state index >= 15 is 0 Å². The highest BCUT2D eigenvalue weighted by Crippen LogP contribution is 2.29. The van der Waals surface area contributed by atoms with Crippen molar-refractivity contribution in [3.05, 3.63) is 65.3 Å². The Bertz CT molecular complexity index is 1110. The Morgan fingerprint density at radius 3 is 2.10 bits per heavy atom. The molecule has 0 bridgehead atoms. The number of aromatic nitrogens is 1. The lowest BCUT2D eigenvalue weighted by Gasteiger charge is -2.33. The lowest BCUT2D eigenvalue weighted by Crippen LogP contribution is -2.48. The third-order valence-corrected chi connectivity index (χ3v) is 7.43. The van der Waals surface area contributed by atoms with E-state index in [0.717, 1.165) is 18.2 Å². The van der Waals surface area contributed by atoms with Crippen LogP contribution < -0.4 is 4.90 Å². The van der Waals surface area contributed by atoms with Gasteiger partial charge in [-0.3, -0.25) is 0 Å². The number of halogens is 3. The van der Waals surface area contributed by atoms with Crippen LogP contribution in [-0.2, 0) is 10.0 Å². The summed E-state index contributed by atoms with van der Waals surface area (Å²) in [5.41, 5.74) is 0.812. The number of thiazole rings is 1. The van der Waals surface area contributed by atoms with Gasteiger partial charge < -0.3 is 4.90 Å². The van der Waals surface area contributed by atoms with E-state index < -0.39 is 27.5 Å². The second-order valence-electron chi connectivity index (χ2n) is 6.52. The van der Waals surface area contributed by atoms with Crippen molar-refractivity contribution < 1.29 is 21.6 Å². The van der Waals surface area contributed by atoms with Crippen LogP contribution in [0.2, 0.25) is 0 Å². The monoisotopic (exact) mass is 439 g/mol. The Kier molecular flexibility index (Phi) is 5.32. The third kappa shape index (κ3) is 4.14. The van der Waals surface area contributed by atoms with Gasteiger partial charge in [-0.1, -0.05) is 0 Å². The van der Waals surface area contributed by atoms with Gasteiger partial charge in [0.1, 0.15) is 17.5 Å². The zero-order chi connectivity index (χ0) is 20.6. The first-order valence-electron chi connectivity index (χ1n) is 8.75. The molecule has 1 aromatic heterocycles. The summed E-state index contributed by atoms with van der Waals surface area (Å²) in [5.74, 6) is -1.84. The number of piperazine rings is 1. The maximum atomic E-state index is 13.4. The number of hydrogen-bond donors (Lipinski definition) is 0. The smallest absolute Gasteiger partial charge is 0.243 e. The van der Waals surface area contributed by atoms with Crippen LogP contribution in [0, 0.1) is 17.5 Å². The van der Waals surface area contributed by atoms with E-state index in [1.807, 2.05) is 4.90 Å². The minimum absolute atomic E-state index is 0.0528. The minimum atomic E-state index is -3.69. The summed E-state index contributed by atoms with van der Waals surface area (Å²) in [6.45, 7) is 1.35. The molecule has 3 aromatic rings. The largest absolute Gasteiger partial charge is 0.345 e. The number of nitrogens with zero attached hydrogens (tertiary/aromatic N) is 3. The van der Waals surface area contributed by atoms with Gasteiger partial charge in [-0.15, -0.1) is 11.3 Å². The average Bonchev–Trinajstić information content (AvgIpc) is 3.18. The van der Waals surface area contributed by atoms with Gasteiger partial charge in [0, 0.05) is 43.2 Å². The van der Waals surface area contributed by atoms with E-state index in [1.54, 1.807) is 5.38 Å². The summed E-state index contributed by atoms with van der Waals surface area (Å²) < 4.78 is 66.7. The molecule has 1 saturated heterocycles. The Balaban J connectivity index is 1.46. The molecule has 1 aliphatic heterocycles. The molecule has 2 aromatic carbocycles. The molecule has 0 N–H and O–H groups in total. The highest BCUT2D eigenvalue weighted by Gasteiger charge is 2.29. The lowest BCUT2D eigenvalue weighted by atomic mass is 10.1.